The molecule has 3 aromatic rings. The lowest BCUT2D eigenvalue weighted by molar-refractivity contribution is 1.33. The molecule has 2 heteroatoms. The van der Waals surface area contributed by atoms with E-state index in [0.717, 1.165) is 27.5 Å². The Labute approximate surface area is 93.3 Å². The minimum atomic E-state index is 0.879. The predicted octanol–water partition coefficient (Wildman–Crippen LogP) is 3.43. The number of pyridine rings is 2. The molecule has 2 aromatic heterocycles. The second-order valence-electron chi connectivity index (χ2n) is 3.65. The Bertz CT molecular complexity index is 686. The third-order valence-electron chi connectivity index (χ3n) is 2.68. The second-order valence-corrected chi connectivity index (χ2v) is 3.65. The Hall–Kier alpha value is -2.22. The van der Waals surface area contributed by atoms with E-state index in [9.17, 15) is 0 Å². The van der Waals surface area contributed by atoms with Crippen LogP contribution in [0.4, 0.5) is 0 Å². The van der Waals surface area contributed by atoms with Crippen LogP contribution < -0.4 is 0 Å². The summed E-state index contributed by atoms with van der Waals surface area (Å²) in [7, 11) is 0. The average molecular weight is 206 g/mol. The zero-order valence-electron chi connectivity index (χ0n) is 8.72. The summed E-state index contributed by atoms with van der Waals surface area (Å²) in [5.74, 6) is 0. The molecule has 0 radical (unpaired) electrons. The number of para-hydroxylation sites is 1. The minimum absolute atomic E-state index is 0.879. The fourth-order valence-electron chi connectivity index (χ4n) is 1.88. The molecule has 16 heavy (non-hydrogen) atoms. The molecule has 0 aliphatic heterocycles. The molecular formula is C14H10N2. The van der Waals surface area contributed by atoms with E-state index in [4.69, 9.17) is 0 Å². The molecule has 3 rings (SSSR count). The monoisotopic (exact) mass is 206 g/mol. The summed E-state index contributed by atoms with van der Waals surface area (Å²) in [6, 6.07) is 12.1. The zero-order valence-corrected chi connectivity index (χ0v) is 8.72. The van der Waals surface area contributed by atoms with E-state index in [1.165, 1.54) is 0 Å². The maximum atomic E-state index is 4.46. The molecule has 2 nitrogen and oxygen atoms in total. The number of rotatable bonds is 1. The van der Waals surface area contributed by atoms with Gasteiger partial charge in [0, 0.05) is 10.8 Å². The smallest absolute Gasteiger partial charge is 0.0898 e. The third-order valence-corrected chi connectivity index (χ3v) is 2.68. The Morgan fingerprint density at radius 1 is 0.938 bits per heavy atom. The van der Waals surface area contributed by atoms with Gasteiger partial charge in [-0.25, -0.2) is 4.98 Å². The fourth-order valence-corrected chi connectivity index (χ4v) is 1.88. The zero-order chi connectivity index (χ0) is 11.0. The number of hydrogen-bond acceptors (Lipinski definition) is 2. The van der Waals surface area contributed by atoms with Crippen LogP contribution in [0.3, 0.4) is 0 Å². The molecule has 0 atom stereocenters. The fraction of sp³-hybridized carbons (Fsp3) is 0. The molecule has 0 bridgehead atoms. The lowest BCUT2D eigenvalue weighted by Gasteiger charge is -2.02. The third kappa shape index (κ3) is 1.27. The highest BCUT2D eigenvalue weighted by Gasteiger charge is 2.01. The number of benzene rings is 1. The molecule has 2 heterocycles. The normalized spacial score (nSPS) is 10.8. The van der Waals surface area contributed by atoms with Crippen LogP contribution in [-0.4, -0.2) is 9.97 Å². The van der Waals surface area contributed by atoms with Crippen molar-refractivity contribution in [2.75, 3.05) is 0 Å². The first kappa shape index (κ1) is 9.04. The van der Waals surface area contributed by atoms with Gasteiger partial charge >= 0.3 is 0 Å². The van der Waals surface area contributed by atoms with Crippen molar-refractivity contribution in [1.82, 2.24) is 9.97 Å². The maximum absolute atomic E-state index is 4.46. The van der Waals surface area contributed by atoms with Gasteiger partial charge < -0.3 is 0 Å². The topological polar surface area (TPSA) is 25.8 Å². The van der Waals surface area contributed by atoms with Gasteiger partial charge in [0.25, 0.3) is 0 Å². The molecule has 0 amide bonds. The van der Waals surface area contributed by atoms with E-state index in [1.807, 2.05) is 30.5 Å². The van der Waals surface area contributed by atoms with E-state index in [1.54, 1.807) is 6.08 Å². The highest BCUT2D eigenvalue weighted by atomic mass is 14.7. The molecule has 0 saturated heterocycles. The van der Waals surface area contributed by atoms with Crippen LogP contribution in [0, 0.1) is 0 Å². The van der Waals surface area contributed by atoms with Gasteiger partial charge in [-0.3, -0.25) is 4.98 Å². The molecule has 1 aromatic carbocycles. The number of aromatic nitrogens is 2. The van der Waals surface area contributed by atoms with Gasteiger partial charge in [-0.15, -0.1) is 0 Å². The van der Waals surface area contributed by atoms with E-state index in [2.05, 4.69) is 28.7 Å². The van der Waals surface area contributed by atoms with Crippen molar-refractivity contribution in [1.29, 1.82) is 0 Å². The van der Waals surface area contributed by atoms with Crippen molar-refractivity contribution in [2.24, 2.45) is 0 Å². The van der Waals surface area contributed by atoms with E-state index >= 15 is 0 Å². The van der Waals surface area contributed by atoms with Gasteiger partial charge in [-0.05, 0) is 24.3 Å². The van der Waals surface area contributed by atoms with Gasteiger partial charge in [0.2, 0.25) is 0 Å². The summed E-state index contributed by atoms with van der Waals surface area (Å²) in [4.78, 5) is 8.85. The molecule has 0 N–H and O–H groups in total. The molecule has 0 aliphatic carbocycles. The Kier molecular flexibility index (Phi) is 1.93. The quantitative estimate of drug-likeness (QED) is 0.570. The van der Waals surface area contributed by atoms with Crippen molar-refractivity contribution in [2.45, 2.75) is 0 Å². The van der Waals surface area contributed by atoms with Crippen molar-refractivity contribution >= 4 is 27.9 Å². The molecular weight excluding hydrogens is 196 g/mol. The van der Waals surface area contributed by atoms with E-state index < -0.39 is 0 Å². The van der Waals surface area contributed by atoms with Crippen molar-refractivity contribution in [3.8, 4) is 0 Å². The number of nitrogens with zero attached hydrogens (tertiary/aromatic N) is 2. The lowest BCUT2D eigenvalue weighted by atomic mass is 10.1. The van der Waals surface area contributed by atoms with E-state index in [0.29, 0.717) is 0 Å². The van der Waals surface area contributed by atoms with Crippen molar-refractivity contribution in [3.05, 3.63) is 54.9 Å². The first-order valence-electron chi connectivity index (χ1n) is 5.15. The maximum Gasteiger partial charge on any atom is 0.0898 e. The van der Waals surface area contributed by atoms with Crippen molar-refractivity contribution < 1.29 is 0 Å². The van der Waals surface area contributed by atoms with Crippen molar-refractivity contribution in [3.63, 3.8) is 0 Å². The van der Waals surface area contributed by atoms with Crippen LogP contribution in [0.25, 0.3) is 27.9 Å². The molecule has 0 spiro atoms. The summed E-state index contributed by atoms with van der Waals surface area (Å²) in [5.41, 5.74) is 2.80. The first-order chi connectivity index (χ1) is 7.88. The van der Waals surface area contributed by atoms with Crippen LogP contribution in [0.5, 0.6) is 0 Å². The van der Waals surface area contributed by atoms with Gasteiger partial charge in [-0.2, -0.15) is 0 Å². The van der Waals surface area contributed by atoms with Gasteiger partial charge in [0.1, 0.15) is 0 Å². The van der Waals surface area contributed by atoms with Gasteiger partial charge in [0.05, 0.1) is 22.9 Å². The molecule has 0 fully saturated rings. The van der Waals surface area contributed by atoms with E-state index in [-0.39, 0.29) is 0 Å². The van der Waals surface area contributed by atoms with Crippen LogP contribution >= 0.6 is 0 Å². The largest absolute Gasteiger partial charge is 0.254 e. The summed E-state index contributed by atoms with van der Waals surface area (Å²) in [6.07, 6.45) is 3.55. The standard InChI is InChI=1S/C14H10N2/c1-2-10-7-8-12-11-5-3-4-6-13(11)15-9-14(12)16-10/h2-9H,1H2. The summed E-state index contributed by atoms with van der Waals surface area (Å²) in [5, 5.41) is 2.28. The predicted molar refractivity (Wildman–Crippen MR) is 67.1 cm³/mol. The average Bonchev–Trinajstić information content (AvgIpc) is 2.38. The summed E-state index contributed by atoms with van der Waals surface area (Å²) >= 11 is 0. The SMILES string of the molecule is C=Cc1ccc2c(cnc3ccccc32)n1. The lowest BCUT2D eigenvalue weighted by Crippen LogP contribution is -1.86. The van der Waals surface area contributed by atoms with Crippen LogP contribution in [0.1, 0.15) is 5.69 Å². The first-order valence-corrected chi connectivity index (χ1v) is 5.15. The number of hydrogen-bond donors (Lipinski definition) is 0. The molecule has 0 aliphatic rings. The van der Waals surface area contributed by atoms with Crippen LogP contribution in [0.15, 0.2) is 49.2 Å². The highest BCUT2D eigenvalue weighted by molar-refractivity contribution is 6.03. The highest BCUT2D eigenvalue weighted by Crippen LogP contribution is 2.22. The Morgan fingerprint density at radius 3 is 2.62 bits per heavy atom. The summed E-state index contributed by atoms with van der Waals surface area (Å²) < 4.78 is 0. The Balaban J connectivity index is 2.47. The molecule has 76 valence electrons. The molecule has 0 saturated carbocycles. The summed E-state index contributed by atoms with van der Waals surface area (Å²) in [6.45, 7) is 3.72. The van der Waals surface area contributed by atoms with Crippen LogP contribution in [-0.2, 0) is 0 Å². The second kappa shape index (κ2) is 3.42. The van der Waals surface area contributed by atoms with Gasteiger partial charge in [0.15, 0.2) is 0 Å². The Morgan fingerprint density at radius 2 is 1.75 bits per heavy atom. The van der Waals surface area contributed by atoms with Gasteiger partial charge in [-0.1, -0.05) is 24.8 Å². The number of fused-ring (bicyclic) bond motifs is 3. The minimum Gasteiger partial charge on any atom is -0.254 e. The molecule has 0 unspecified atom stereocenters. The van der Waals surface area contributed by atoms with Crippen LogP contribution in [0.2, 0.25) is 0 Å².